The summed E-state index contributed by atoms with van der Waals surface area (Å²) in [4.78, 5) is 0. The van der Waals surface area contributed by atoms with Crippen molar-refractivity contribution in [2.45, 2.75) is 102 Å². The van der Waals surface area contributed by atoms with Crippen molar-refractivity contribution in [2.24, 2.45) is 11.8 Å². The third kappa shape index (κ3) is 5.79. The normalized spacial score (nSPS) is 28.7. The van der Waals surface area contributed by atoms with Crippen molar-refractivity contribution in [3.05, 3.63) is 70.0 Å². The number of halogens is 3. The molecule has 0 N–H and O–H groups in total. The van der Waals surface area contributed by atoms with Crippen LogP contribution >= 0.6 is 0 Å². The highest BCUT2D eigenvalue weighted by Crippen LogP contribution is 2.41. The Morgan fingerprint density at radius 2 is 1.37 bits per heavy atom. The molecule has 5 rings (SSSR count). The van der Waals surface area contributed by atoms with Gasteiger partial charge in [0.15, 0.2) is 11.6 Å². The molecule has 1 aliphatic heterocycles. The van der Waals surface area contributed by atoms with Gasteiger partial charge < -0.3 is 4.74 Å². The molecule has 2 saturated carbocycles. The maximum absolute atomic E-state index is 15.0. The molecule has 1 heterocycles. The molecule has 4 heteroatoms. The van der Waals surface area contributed by atoms with E-state index in [1.165, 1.54) is 12.8 Å². The Balaban J connectivity index is 1.12. The molecule has 35 heavy (non-hydrogen) atoms. The number of hydrogen-bond acceptors (Lipinski definition) is 1. The van der Waals surface area contributed by atoms with Crippen LogP contribution in [0.3, 0.4) is 0 Å². The fourth-order valence-electron chi connectivity index (χ4n) is 6.71. The highest BCUT2D eigenvalue weighted by atomic mass is 19.2. The summed E-state index contributed by atoms with van der Waals surface area (Å²) in [6.07, 6.45) is 12.3. The van der Waals surface area contributed by atoms with Crippen molar-refractivity contribution >= 4 is 0 Å². The lowest BCUT2D eigenvalue weighted by atomic mass is 9.76. The molecule has 1 saturated heterocycles. The second-order valence-electron chi connectivity index (χ2n) is 11.3. The predicted molar refractivity (Wildman–Crippen MR) is 134 cm³/mol. The quantitative estimate of drug-likeness (QED) is 0.340. The molecule has 2 aromatic carbocycles. The molecule has 0 spiro atoms. The van der Waals surface area contributed by atoms with Crippen LogP contribution in [-0.4, -0.2) is 6.61 Å². The van der Waals surface area contributed by atoms with E-state index < -0.39 is 11.6 Å². The molecule has 3 aliphatic rings. The second-order valence-corrected chi connectivity index (χ2v) is 11.3. The highest BCUT2D eigenvalue weighted by molar-refractivity contribution is 5.31. The van der Waals surface area contributed by atoms with Crippen molar-refractivity contribution in [2.75, 3.05) is 6.61 Å². The van der Waals surface area contributed by atoms with Crippen molar-refractivity contribution < 1.29 is 17.9 Å². The number of hydrogen-bond donors (Lipinski definition) is 0. The third-order valence-electron chi connectivity index (χ3n) is 9.02. The van der Waals surface area contributed by atoms with E-state index in [1.807, 2.05) is 18.2 Å². The van der Waals surface area contributed by atoms with Crippen LogP contribution in [0.1, 0.15) is 118 Å². The first-order valence-corrected chi connectivity index (χ1v) is 13.9. The van der Waals surface area contributed by atoms with Gasteiger partial charge in [-0.1, -0.05) is 44.0 Å². The first-order chi connectivity index (χ1) is 17.0. The standard InChI is InChI=1S/C31H39F3O/c1-2-3-20-6-11-23(12-7-20)26-16-14-24(30(33)31(26)34)13-8-21-4-9-22(10-5-21)25-15-17-27(28(32)18-25)29-19-35-29/h14-18,20-23,29H,2-13,19H2,1H3. The molecule has 2 aromatic rings. The average Bonchev–Trinajstić information content (AvgIpc) is 3.71. The third-order valence-corrected chi connectivity index (χ3v) is 9.02. The Bertz CT molecular complexity index is 999. The van der Waals surface area contributed by atoms with Crippen LogP contribution in [0.4, 0.5) is 13.2 Å². The maximum atomic E-state index is 15.0. The lowest BCUT2D eigenvalue weighted by Crippen LogP contribution is -2.16. The Morgan fingerprint density at radius 3 is 2.00 bits per heavy atom. The van der Waals surface area contributed by atoms with Gasteiger partial charge in [-0.3, -0.25) is 0 Å². The van der Waals surface area contributed by atoms with Crippen LogP contribution < -0.4 is 0 Å². The maximum Gasteiger partial charge on any atom is 0.162 e. The van der Waals surface area contributed by atoms with Crippen LogP contribution in [-0.2, 0) is 11.2 Å². The van der Waals surface area contributed by atoms with E-state index in [0.717, 1.165) is 69.3 Å². The first-order valence-electron chi connectivity index (χ1n) is 13.9. The summed E-state index contributed by atoms with van der Waals surface area (Å²) < 4.78 is 49.6. The molecule has 2 aliphatic carbocycles. The van der Waals surface area contributed by atoms with Gasteiger partial charge in [0.1, 0.15) is 11.9 Å². The first kappa shape index (κ1) is 24.9. The number of rotatable bonds is 8. The van der Waals surface area contributed by atoms with Gasteiger partial charge in [0, 0.05) is 5.56 Å². The van der Waals surface area contributed by atoms with Crippen LogP contribution in [0, 0.1) is 29.3 Å². The van der Waals surface area contributed by atoms with E-state index >= 15 is 0 Å². The zero-order valence-electron chi connectivity index (χ0n) is 21.0. The molecule has 0 radical (unpaired) electrons. The lowest BCUT2D eigenvalue weighted by Gasteiger charge is -2.30. The van der Waals surface area contributed by atoms with Crippen LogP contribution in [0.2, 0.25) is 0 Å². The van der Waals surface area contributed by atoms with Crippen LogP contribution in [0.15, 0.2) is 30.3 Å². The minimum Gasteiger partial charge on any atom is -0.368 e. The number of epoxide rings is 1. The van der Waals surface area contributed by atoms with Gasteiger partial charge in [0.25, 0.3) is 0 Å². The summed E-state index contributed by atoms with van der Waals surface area (Å²) in [5.74, 6) is 0.449. The molecule has 1 nitrogen and oxygen atoms in total. The van der Waals surface area contributed by atoms with Gasteiger partial charge in [-0.15, -0.1) is 0 Å². The van der Waals surface area contributed by atoms with Crippen molar-refractivity contribution in [3.8, 4) is 0 Å². The zero-order chi connectivity index (χ0) is 24.4. The van der Waals surface area contributed by atoms with Gasteiger partial charge in [0.05, 0.1) is 6.61 Å². The SMILES string of the molecule is CCCC1CCC(c2ccc(CCC3CCC(c4ccc(C5CO5)c(F)c4)CC3)c(F)c2F)CC1. The molecular weight excluding hydrogens is 445 g/mol. The smallest absolute Gasteiger partial charge is 0.162 e. The van der Waals surface area contributed by atoms with Gasteiger partial charge in [-0.2, -0.15) is 0 Å². The van der Waals surface area contributed by atoms with Crippen LogP contribution in [0.5, 0.6) is 0 Å². The summed E-state index contributed by atoms with van der Waals surface area (Å²) in [6, 6.07) is 9.33. The van der Waals surface area contributed by atoms with E-state index in [2.05, 4.69) is 13.0 Å². The fourth-order valence-corrected chi connectivity index (χ4v) is 6.71. The van der Waals surface area contributed by atoms with Gasteiger partial charge in [0.2, 0.25) is 0 Å². The number of ether oxygens (including phenoxy) is 1. The van der Waals surface area contributed by atoms with Crippen molar-refractivity contribution in [1.82, 2.24) is 0 Å². The van der Waals surface area contributed by atoms with E-state index in [9.17, 15) is 13.2 Å². The summed E-state index contributed by atoms with van der Waals surface area (Å²) in [5, 5.41) is 0. The van der Waals surface area contributed by atoms with Crippen molar-refractivity contribution in [3.63, 3.8) is 0 Å². The van der Waals surface area contributed by atoms with Gasteiger partial charge in [-0.25, -0.2) is 13.2 Å². The molecule has 3 fully saturated rings. The monoisotopic (exact) mass is 484 g/mol. The second kappa shape index (κ2) is 11.1. The molecule has 1 atom stereocenters. The van der Waals surface area contributed by atoms with Crippen LogP contribution in [0.25, 0.3) is 0 Å². The lowest BCUT2D eigenvalue weighted by molar-refractivity contribution is 0.301. The zero-order valence-corrected chi connectivity index (χ0v) is 21.0. The Kier molecular flexibility index (Phi) is 7.86. The highest BCUT2D eigenvalue weighted by Gasteiger charge is 2.30. The van der Waals surface area contributed by atoms with Gasteiger partial charge in [-0.05, 0) is 111 Å². The molecule has 190 valence electrons. The number of aryl methyl sites for hydroxylation is 1. The fraction of sp³-hybridized carbons (Fsp3) is 0.613. The Labute approximate surface area is 208 Å². The predicted octanol–water partition coefficient (Wildman–Crippen LogP) is 9.16. The largest absolute Gasteiger partial charge is 0.368 e. The van der Waals surface area contributed by atoms with E-state index in [0.29, 0.717) is 41.6 Å². The molecular formula is C31H39F3O. The minimum atomic E-state index is -0.623. The summed E-state index contributed by atoms with van der Waals surface area (Å²) in [7, 11) is 0. The molecule has 0 amide bonds. The summed E-state index contributed by atoms with van der Waals surface area (Å²) >= 11 is 0. The van der Waals surface area contributed by atoms with Gasteiger partial charge >= 0.3 is 0 Å². The Hall–Kier alpha value is -1.81. The van der Waals surface area contributed by atoms with E-state index in [4.69, 9.17) is 4.74 Å². The van der Waals surface area contributed by atoms with E-state index in [1.54, 1.807) is 6.07 Å². The molecule has 0 aromatic heterocycles. The molecule has 1 unspecified atom stereocenters. The van der Waals surface area contributed by atoms with Crippen molar-refractivity contribution in [1.29, 1.82) is 0 Å². The Morgan fingerprint density at radius 1 is 0.743 bits per heavy atom. The van der Waals surface area contributed by atoms with E-state index in [-0.39, 0.29) is 17.8 Å². The topological polar surface area (TPSA) is 12.5 Å². The average molecular weight is 485 g/mol. The molecule has 0 bridgehead atoms. The summed E-state index contributed by atoms with van der Waals surface area (Å²) in [5.41, 5.74) is 2.87. The number of benzene rings is 2. The minimum absolute atomic E-state index is 0.0556. The summed E-state index contributed by atoms with van der Waals surface area (Å²) in [6.45, 7) is 2.84.